The first kappa shape index (κ1) is 11.3. The van der Waals surface area contributed by atoms with Crippen LogP contribution in [0.4, 0.5) is 0 Å². The lowest BCUT2D eigenvalue weighted by molar-refractivity contribution is 0.568. The molecule has 5 heteroatoms. The van der Waals surface area contributed by atoms with Crippen LogP contribution in [0.25, 0.3) is 11.4 Å². The Morgan fingerprint density at radius 1 is 1.25 bits per heavy atom. The van der Waals surface area contributed by atoms with Gasteiger partial charge in [-0.15, -0.1) is 0 Å². The lowest BCUT2D eigenvalue weighted by Gasteiger charge is -2.18. The van der Waals surface area contributed by atoms with E-state index in [1.54, 1.807) is 0 Å². The highest BCUT2D eigenvalue weighted by Crippen LogP contribution is 2.26. The summed E-state index contributed by atoms with van der Waals surface area (Å²) >= 11 is 3.42. The maximum absolute atomic E-state index is 4.47. The third-order valence-corrected chi connectivity index (χ3v) is 2.66. The molecule has 0 aliphatic heterocycles. The van der Waals surface area contributed by atoms with E-state index in [0.717, 1.165) is 21.7 Å². The molecule has 1 N–H and O–H groups in total. The zero-order valence-corrected chi connectivity index (χ0v) is 11.0. The molecular weight excluding hydrogens is 268 g/mol. The smallest absolute Gasteiger partial charge is 0.155 e. The summed E-state index contributed by atoms with van der Waals surface area (Å²) in [6.45, 7) is 6.39. The van der Waals surface area contributed by atoms with Gasteiger partial charge in [0.05, 0.1) is 0 Å². The fraction of sp³-hybridized carbons (Fsp3) is 0.364. The SMILES string of the molecule is CC(C)(C)c1cc(-c2ncn[nH]2)cc(Br)n1. The van der Waals surface area contributed by atoms with E-state index in [0.29, 0.717) is 0 Å². The third kappa shape index (κ3) is 2.29. The van der Waals surface area contributed by atoms with E-state index < -0.39 is 0 Å². The Labute approximate surface area is 103 Å². The first-order chi connectivity index (χ1) is 7.47. The summed E-state index contributed by atoms with van der Waals surface area (Å²) in [4.78, 5) is 8.61. The van der Waals surface area contributed by atoms with Gasteiger partial charge in [-0.05, 0) is 28.1 Å². The normalized spacial score (nSPS) is 11.8. The quantitative estimate of drug-likeness (QED) is 0.818. The van der Waals surface area contributed by atoms with E-state index in [1.807, 2.05) is 12.1 Å². The molecule has 0 fully saturated rings. The van der Waals surface area contributed by atoms with Gasteiger partial charge in [-0.1, -0.05) is 20.8 Å². The first-order valence-electron chi connectivity index (χ1n) is 5.00. The van der Waals surface area contributed by atoms with Gasteiger partial charge in [0, 0.05) is 16.7 Å². The second-order valence-corrected chi connectivity index (χ2v) is 5.46. The van der Waals surface area contributed by atoms with Crippen molar-refractivity contribution in [2.75, 3.05) is 0 Å². The molecule has 2 aromatic rings. The number of H-pyrrole nitrogens is 1. The van der Waals surface area contributed by atoms with Crippen LogP contribution in [0.5, 0.6) is 0 Å². The van der Waals surface area contributed by atoms with Crippen LogP contribution in [0.2, 0.25) is 0 Å². The van der Waals surface area contributed by atoms with E-state index in [1.165, 1.54) is 6.33 Å². The largest absolute Gasteiger partial charge is 0.259 e. The van der Waals surface area contributed by atoms with Gasteiger partial charge in [0.1, 0.15) is 10.9 Å². The molecule has 0 radical (unpaired) electrons. The van der Waals surface area contributed by atoms with Crippen LogP contribution < -0.4 is 0 Å². The van der Waals surface area contributed by atoms with Gasteiger partial charge >= 0.3 is 0 Å². The standard InChI is InChI=1S/C11H13BrN4/c1-11(2,3)8-4-7(5-9(12)15-8)10-13-6-14-16-10/h4-6H,1-3H3,(H,13,14,16). The van der Waals surface area contributed by atoms with Gasteiger partial charge in [-0.2, -0.15) is 5.10 Å². The molecule has 0 aliphatic rings. The van der Waals surface area contributed by atoms with Gasteiger partial charge in [0.15, 0.2) is 5.82 Å². The number of nitrogens with one attached hydrogen (secondary N) is 1. The number of nitrogens with zero attached hydrogens (tertiary/aromatic N) is 3. The second kappa shape index (κ2) is 3.97. The highest BCUT2D eigenvalue weighted by Gasteiger charge is 2.17. The summed E-state index contributed by atoms with van der Waals surface area (Å²) < 4.78 is 0.811. The summed E-state index contributed by atoms with van der Waals surface area (Å²) in [7, 11) is 0. The van der Waals surface area contributed by atoms with Crippen molar-refractivity contribution in [1.29, 1.82) is 0 Å². The zero-order valence-electron chi connectivity index (χ0n) is 9.45. The molecule has 0 amide bonds. The van der Waals surface area contributed by atoms with Gasteiger partial charge in [-0.3, -0.25) is 5.10 Å². The van der Waals surface area contributed by atoms with Crippen LogP contribution in [0.15, 0.2) is 23.1 Å². The lowest BCUT2D eigenvalue weighted by Crippen LogP contribution is -2.13. The van der Waals surface area contributed by atoms with Crippen molar-refractivity contribution < 1.29 is 0 Å². The van der Waals surface area contributed by atoms with Crippen molar-refractivity contribution in [3.05, 3.63) is 28.8 Å². The maximum atomic E-state index is 4.47. The maximum Gasteiger partial charge on any atom is 0.155 e. The van der Waals surface area contributed by atoms with Crippen molar-refractivity contribution in [1.82, 2.24) is 20.2 Å². The molecule has 4 nitrogen and oxygen atoms in total. The average molecular weight is 281 g/mol. The monoisotopic (exact) mass is 280 g/mol. The van der Waals surface area contributed by atoms with Crippen LogP contribution in [0.3, 0.4) is 0 Å². The molecule has 0 unspecified atom stereocenters. The molecule has 0 bridgehead atoms. The molecule has 0 aromatic carbocycles. The van der Waals surface area contributed by atoms with Gasteiger partial charge in [-0.25, -0.2) is 9.97 Å². The molecule has 16 heavy (non-hydrogen) atoms. The molecule has 2 rings (SSSR count). The van der Waals surface area contributed by atoms with E-state index in [-0.39, 0.29) is 5.41 Å². The fourth-order valence-corrected chi connectivity index (χ4v) is 1.80. The second-order valence-electron chi connectivity index (χ2n) is 4.65. The number of pyridine rings is 1. The number of halogens is 1. The zero-order chi connectivity index (χ0) is 11.8. The number of hydrogen-bond donors (Lipinski definition) is 1. The summed E-state index contributed by atoms with van der Waals surface area (Å²) in [5, 5.41) is 6.70. The van der Waals surface area contributed by atoms with Crippen molar-refractivity contribution in [3.8, 4) is 11.4 Å². The number of aromatic amines is 1. The van der Waals surface area contributed by atoms with Crippen molar-refractivity contribution >= 4 is 15.9 Å². The van der Waals surface area contributed by atoms with Gasteiger partial charge < -0.3 is 0 Å². The topological polar surface area (TPSA) is 54.5 Å². The molecule has 0 saturated carbocycles. The minimum atomic E-state index is 0.0125. The summed E-state index contributed by atoms with van der Waals surface area (Å²) in [5.41, 5.74) is 2.02. The minimum absolute atomic E-state index is 0.0125. The highest BCUT2D eigenvalue weighted by molar-refractivity contribution is 9.10. The van der Waals surface area contributed by atoms with E-state index in [2.05, 4.69) is 56.9 Å². The van der Waals surface area contributed by atoms with Gasteiger partial charge in [0.2, 0.25) is 0 Å². The van der Waals surface area contributed by atoms with E-state index in [4.69, 9.17) is 0 Å². The van der Waals surface area contributed by atoms with Crippen LogP contribution >= 0.6 is 15.9 Å². The molecular formula is C11H13BrN4. The predicted octanol–water partition coefficient (Wildman–Crippen LogP) is 2.93. The Balaban J connectivity index is 2.53. The predicted molar refractivity (Wildman–Crippen MR) is 66.0 cm³/mol. The van der Waals surface area contributed by atoms with Crippen LogP contribution in [-0.4, -0.2) is 20.2 Å². The van der Waals surface area contributed by atoms with Crippen molar-refractivity contribution in [3.63, 3.8) is 0 Å². The van der Waals surface area contributed by atoms with Crippen molar-refractivity contribution in [2.24, 2.45) is 0 Å². The Hall–Kier alpha value is -1.23. The molecule has 2 heterocycles. The number of rotatable bonds is 1. The minimum Gasteiger partial charge on any atom is -0.259 e. The van der Waals surface area contributed by atoms with Crippen molar-refractivity contribution in [2.45, 2.75) is 26.2 Å². The van der Waals surface area contributed by atoms with Gasteiger partial charge in [0.25, 0.3) is 0 Å². The molecule has 0 aliphatic carbocycles. The molecule has 0 spiro atoms. The van der Waals surface area contributed by atoms with Crippen LogP contribution in [0, 0.1) is 0 Å². The third-order valence-electron chi connectivity index (χ3n) is 2.25. The summed E-state index contributed by atoms with van der Waals surface area (Å²) in [6.07, 6.45) is 1.50. The Morgan fingerprint density at radius 3 is 2.56 bits per heavy atom. The Morgan fingerprint density at radius 2 is 2.00 bits per heavy atom. The fourth-order valence-electron chi connectivity index (χ4n) is 1.36. The summed E-state index contributed by atoms with van der Waals surface area (Å²) in [5.74, 6) is 0.758. The van der Waals surface area contributed by atoms with Crippen LogP contribution in [-0.2, 0) is 5.41 Å². The van der Waals surface area contributed by atoms with E-state index in [9.17, 15) is 0 Å². The first-order valence-corrected chi connectivity index (χ1v) is 5.80. The molecule has 84 valence electrons. The van der Waals surface area contributed by atoms with Crippen LogP contribution in [0.1, 0.15) is 26.5 Å². The average Bonchev–Trinajstić information content (AvgIpc) is 2.68. The van der Waals surface area contributed by atoms with E-state index >= 15 is 0 Å². The number of hydrogen-bond acceptors (Lipinski definition) is 3. The summed E-state index contributed by atoms with van der Waals surface area (Å²) in [6, 6.07) is 3.96. The lowest BCUT2D eigenvalue weighted by atomic mass is 9.91. The highest BCUT2D eigenvalue weighted by atomic mass is 79.9. The number of aromatic nitrogens is 4. The molecule has 0 saturated heterocycles. The molecule has 0 atom stereocenters. The Bertz CT molecular complexity index is 485. The Kier molecular flexibility index (Phi) is 2.80. The molecule has 2 aromatic heterocycles.